The van der Waals surface area contributed by atoms with Gasteiger partial charge < -0.3 is 24.8 Å². The van der Waals surface area contributed by atoms with E-state index >= 15 is 0 Å². The number of hydrogen-bond donors (Lipinski definition) is 3. The fourth-order valence-corrected chi connectivity index (χ4v) is 2.90. The van der Waals surface area contributed by atoms with Crippen molar-refractivity contribution in [2.45, 2.75) is 12.5 Å². The van der Waals surface area contributed by atoms with Crippen LogP contribution in [0.1, 0.15) is 17.2 Å². The molecule has 3 rings (SSSR count). The number of phenols is 2. The molecule has 0 unspecified atom stereocenters. The highest BCUT2D eigenvalue weighted by molar-refractivity contribution is 5.83. The van der Waals surface area contributed by atoms with Gasteiger partial charge in [-0.15, -0.1) is 0 Å². The average Bonchev–Trinajstić information content (AvgIpc) is 2.46. The molecule has 0 heterocycles. The number of methoxy groups -OCH3 is 2. The minimum Gasteiger partial charge on any atom is -0.508 e. The van der Waals surface area contributed by atoms with E-state index in [1.54, 1.807) is 24.3 Å². The fourth-order valence-electron chi connectivity index (χ4n) is 2.90. The third kappa shape index (κ3) is 1.97. The van der Waals surface area contributed by atoms with Crippen LogP contribution in [0.2, 0.25) is 0 Å². The van der Waals surface area contributed by atoms with Gasteiger partial charge in [-0.2, -0.15) is 0 Å². The zero-order chi connectivity index (χ0) is 15.1. The van der Waals surface area contributed by atoms with Gasteiger partial charge in [0.2, 0.25) is 5.75 Å². The predicted molar refractivity (Wildman–Crippen MR) is 77.0 cm³/mol. The third-order valence-corrected chi connectivity index (χ3v) is 3.78. The van der Waals surface area contributed by atoms with Gasteiger partial charge in [-0.05, 0) is 34.9 Å². The van der Waals surface area contributed by atoms with Crippen molar-refractivity contribution in [2.75, 3.05) is 14.2 Å². The molecule has 0 bridgehead atoms. The monoisotopic (exact) mass is 288 g/mol. The number of ether oxygens (including phenoxy) is 2. The Labute approximate surface area is 122 Å². The van der Waals surface area contributed by atoms with Gasteiger partial charge >= 0.3 is 0 Å². The topological polar surface area (TPSA) is 79.2 Å². The van der Waals surface area contributed by atoms with Gasteiger partial charge in [0.1, 0.15) is 5.75 Å². The number of rotatable bonds is 2. The molecule has 3 N–H and O–H groups in total. The van der Waals surface area contributed by atoms with E-state index in [2.05, 4.69) is 0 Å². The average molecular weight is 288 g/mol. The second kappa shape index (κ2) is 4.86. The minimum absolute atomic E-state index is 0.0254. The number of benzene rings is 2. The second-order valence-corrected chi connectivity index (χ2v) is 4.99. The molecule has 0 amide bonds. The summed E-state index contributed by atoms with van der Waals surface area (Å²) in [6.45, 7) is 0. The Morgan fingerprint density at radius 2 is 1.76 bits per heavy atom. The number of aliphatic hydroxyl groups is 1. The molecule has 0 saturated heterocycles. The standard InChI is InChI=1S/C16H16O5/c1-20-15-13(19)6-8-5-12(18)11-7-9(17)3-4-10(11)14(8)16(15)21-2/h3-4,6-7,12,17-19H,5H2,1-2H3/t12-/m0/s1. The Morgan fingerprint density at radius 1 is 1.05 bits per heavy atom. The van der Waals surface area contributed by atoms with E-state index in [9.17, 15) is 15.3 Å². The first-order chi connectivity index (χ1) is 10.1. The molecule has 110 valence electrons. The normalized spacial score (nSPS) is 16.0. The molecule has 0 radical (unpaired) electrons. The van der Waals surface area contributed by atoms with Crippen LogP contribution in [0.5, 0.6) is 23.0 Å². The largest absolute Gasteiger partial charge is 0.508 e. The van der Waals surface area contributed by atoms with E-state index in [0.29, 0.717) is 17.7 Å². The lowest BCUT2D eigenvalue weighted by molar-refractivity contribution is 0.176. The summed E-state index contributed by atoms with van der Waals surface area (Å²) < 4.78 is 10.6. The molecular weight excluding hydrogens is 272 g/mol. The summed E-state index contributed by atoms with van der Waals surface area (Å²) in [5, 5.41) is 29.9. The summed E-state index contributed by atoms with van der Waals surface area (Å²) in [7, 11) is 2.96. The molecule has 0 spiro atoms. The van der Waals surface area contributed by atoms with Crippen molar-refractivity contribution in [1.82, 2.24) is 0 Å². The molecule has 5 nitrogen and oxygen atoms in total. The van der Waals surface area contributed by atoms with E-state index in [1.165, 1.54) is 14.2 Å². The Balaban J connectivity index is 2.35. The quantitative estimate of drug-likeness (QED) is 0.790. The van der Waals surface area contributed by atoms with Gasteiger partial charge in [-0.3, -0.25) is 0 Å². The van der Waals surface area contributed by atoms with Crippen LogP contribution in [0, 0.1) is 0 Å². The van der Waals surface area contributed by atoms with Gasteiger partial charge in [-0.25, -0.2) is 0 Å². The Morgan fingerprint density at radius 3 is 2.43 bits per heavy atom. The SMILES string of the molecule is COc1c(O)cc2c(c1OC)-c1ccc(O)cc1[C@@H](O)C2. The van der Waals surface area contributed by atoms with E-state index in [1.807, 2.05) is 0 Å². The number of hydrogen-bond acceptors (Lipinski definition) is 5. The zero-order valence-electron chi connectivity index (χ0n) is 11.8. The molecule has 0 aliphatic heterocycles. The molecule has 21 heavy (non-hydrogen) atoms. The summed E-state index contributed by atoms with van der Waals surface area (Å²) in [5.41, 5.74) is 2.94. The molecule has 0 saturated carbocycles. The number of fused-ring (bicyclic) bond motifs is 3. The van der Waals surface area contributed by atoms with Crippen LogP contribution in [0.3, 0.4) is 0 Å². The highest BCUT2D eigenvalue weighted by atomic mass is 16.5. The number of phenolic OH excluding ortho intramolecular Hbond substituents is 2. The van der Waals surface area contributed by atoms with E-state index < -0.39 is 6.10 Å². The van der Waals surface area contributed by atoms with Crippen LogP contribution < -0.4 is 9.47 Å². The van der Waals surface area contributed by atoms with Gasteiger partial charge in [0.15, 0.2) is 11.5 Å². The summed E-state index contributed by atoms with van der Waals surface area (Å²) >= 11 is 0. The van der Waals surface area contributed by atoms with E-state index in [-0.39, 0.29) is 17.2 Å². The fraction of sp³-hybridized carbons (Fsp3) is 0.250. The Kier molecular flexibility index (Phi) is 3.14. The van der Waals surface area contributed by atoms with Crippen LogP contribution in [0.25, 0.3) is 11.1 Å². The predicted octanol–water partition coefficient (Wildman–Crippen LogP) is 2.37. The van der Waals surface area contributed by atoms with Gasteiger partial charge in [-0.1, -0.05) is 6.07 Å². The first kappa shape index (κ1) is 13.6. The van der Waals surface area contributed by atoms with Crippen LogP contribution in [0.4, 0.5) is 0 Å². The van der Waals surface area contributed by atoms with Crippen molar-refractivity contribution in [1.29, 1.82) is 0 Å². The maximum Gasteiger partial charge on any atom is 0.203 e. The maximum absolute atomic E-state index is 10.2. The molecule has 2 aromatic carbocycles. The highest BCUT2D eigenvalue weighted by Gasteiger charge is 2.29. The van der Waals surface area contributed by atoms with Crippen LogP contribution in [-0.4, -0.2) is 29.5 Å². The molecule has 5 heteroatoms. The van der Waals surface area contributed by atoms with Gasteiger partial charge in [0.25, 0.3) is 0 Å². The van der Waals surface area contributed by atoms with Crippen molar-refractivity contribution in [2.24, 2.45) is 0 Å². The first-order valence-electron chi connectivity index (χ1n) is 6.55. The molecule has 2 aromatic rings. The number of aromatic hydroxyl groups is 2. The lowest BCUT2D eigenvalue weighted by Crippen LogP contribution is -2.12. The first-order valence-corrected chi connectivity index (χ1v) is 6.55. The molecule has 0 fully saturated rings. The van der Waals surface area contributed by atoms with Crippen molar-refractivity contribution < 1.29 is 24.8 Å². The second-order valence-electron chi connectivity index (χ2n) is 4.99. The molecule has 1 atom stereocenters. The Hall–Kier alpha value is -2.40. The number of aliphatic hydroxyl groups excluding tert-OH is 1. The van der Waals surface area contributed by atoms with Crippen molar-refractivity contribution in [3.63, 3.8) is 0 Å². The zero-order valence-corrected chi connectivity index (χ0v) is 11.8. The lowest BCUT2D eigenvalue weighted by atomic mass is 9.83. The van der Waals surface area contributed by atoms with Crippen LogP contribution in [0.15, 0.2) is 24.3 Å². The molecule has 1 aliphatic carbocycles. The Bertz CT molecular complexity index is 708. The summed E-state index contributed by atoms with van der Waals surface area (Å²) in [6.07, 6.45) is -0.406. The van der Waals surface area contributed by atoms with Crippen LogP contribution in [-0.2, 0) is 6.42 Å². The summed E-state index contributed by atoms with van der Waals surface area (Å²) in [4.78, 5) is 0. The summed E-state index contributed by atoms with van der Waals surface area (Å²) in [5.74, 6) is 0.751. The van der Waals surface area contributed by atoms with Crippen molar-refractivity contribution in [3.8, 4) is 34.1 Å². The lowest BCUT2D eigenvalue weighted by Gasteiger charge is -2.27. The van der Waals surface area contributed by atoms with E-state index in [0.717, 1.165) is 16.7 Å². The van der Waals surface area contributed by atoms with Crippen molar-refractivity contribution in [3.05, 3.63) is 35.4 Å². The third-order valence-electron chi connectivity index (χ3n) is 3.78. The van der Waals surface area contributed by atoms with Gasteiger partial charge in [0, 0.05) is 12.0 Å². The van der Waals surface area contributed by atoms with E-state index in [4.69, 9.17) is 9.47 Å². The minimum atomic E-state index is -0.739. The highest BCUT2D eigenvalue weighted by Crippen LogP contribution is 2.51. The maximum atomic E-state index is 10.2. The molecule has 1 aliphatic rings. The smallest absolute Gasteiger partial charge is 0.203 e. The summed E-state index contributed by atoms with van der Waals surface area (Å²) in [6, 6.07) is 6.40. The van der Waals surface area contributed by atoms with Gasteiger partial charge in [0.05, 0.1) is 20.3 Å². The molecule has 0 aromatic heterocycles. The molecular formula is C16H16O5. The van der Waals surface area contributed by atoms with Crippen molar-refractivity contribution >= 4 is 0 Å². The van der Waals surface area contributed by atoms with Crippen LogP contribution >= 0.6 is 0 Å².